The number of allylic oxidation sites excluding steroid dienone is 1. The largest absolute Gasteiger partial charge is 0.505 e. The molecular weight excluding hydrogens is 344 g/mol. The van der Waals surface area contributed by atoms with Crippen LogP contribution in [0.1, 0.15) is 34.7 Å². The van der Waals surface area contributed by atoms with Gasteiger partial charge in [-0.15, -0.1) is 11.8 Å². The molecule has 2 aromatic rings. The topological polar surface area (TPSA) is 109 Å². The number of carboxylic acids is 1. The van der Waals surface area contributed by atoms with Crippen LogP contribution in [-0.4, -0.2) is 37.3 Å². The van der Waals surface area contributed by atoms with E-state index >= 15 is 0 Å². The number of carbonyl (C=O) groups is 2. The fourth-order valence-electron chi connectivity index (χ4n) is 2.78. The Kier molecular flexibility index (Phi) is 4.63. The average Bonchev–Trinajstić information content (AvgIpc) is 3.12. The van der Waals surface area contributed by atoms with Gasteiger partial charge in [-0.1, -0.05) is 6.08 Å². The van der Waals surface area contributed by atoms with Gasteiger partial charge in [-0.3, -0.25) is 19.4 Å². The number of ketones is 1. The van der Waals surface area contributed by atoms with Gasteiger partial charge < -0.3 is 14.8 Å². The van der Waals surface area contributed by atoms with Crippen LogP contribution in [0.5, 0.6) is 5.75 Å². The van der Waals surface area contributed by atoms with Crippen LogP contribution in [0.3, 0.4) is 0 Å². The second-order valence-corrected chi connectivity index (χ2v) is 6.75. The quantitative estimate of drug-likeness (QED) is 0.785. The molecule has 0 aliphatic carbocycles. The minimum Gasteiger partial charge on any atom is -0.505 e. The summed E-state index contributed by atoms with van der Waals surface area (Å²) in [4.78, 5) is 39.6. The Morgan fingerprint density at radius 1 is 1.40 bits per heavy atom. The maximum atomic E-state index is 12.5. The van der Waals surface area contributed by atoms with Crippen molar-refractivity contribution in [2.45, 2.75) is 18.8 Å². The summed E-state index contributed by atoms with van der Waals surface area (Å²) >= 11 is 1.69. The van der Waals surface area contributed by atoms with E-state index in [0.29, 0.717) is 5.52 Å². The molecule has 0 fully saturated rings. The third-order valence-electron chi connectivity index (χ3n) is 4.19. The van der Waals surface area contributed by atoms with E-state index in [2.05, 4.69) is 11.1 Å². The van der Waals surface area contributed by atoms with E-state index in [4.69, 9.17) is 5.11 Å². The average molecular weight is 360 g/mol. The Morgan fingerprint density at radius 3 is 2.80 bits per heavy atom. The SMILES string of the molecule is Cn1c(=O)c(C(=O)CCC(=O)O)c(O)c2ncc(C3C=CSC3)cc21. The third-order valence-corrected chi connectivity index (χ3v) is 5.09. The fraction of sp³-hybridized carbons (Fsp3) is 0.294. The number of carboxylic acid groups (broad SMARTS) is 1. The lowest BCUT2D eigenvalue weighted by Crippen LogP contribution is -2.25. The monoisotopic (exact) mass is 360 g/mol. The van der Waals surface area contributed by atoms with Crippen molar-refractivity contribution < 1.29 is 19.8 Å². The first-order valence-corrected chi connectivity index (χ1v) is 8.70. The second-order valence-electron chi connectivity index (χ2n) is 5.81. The van der Waals surface area contributed by atoms with Gasteiger partial charge in [0.2, 0.25) is 0 Å². The standard InChI is InChI=1S/C17H16N2O5S/c1-19-11-6-10(9-4-5-25-8-9)7-18-15(11)16(23)14(17(19)24)12(20)2-3-13(21)22/h4-7,9,23H,2-3,8H2,1H3,(H,21,22). The van der Waals surface area contributed by atoms with Gasteiger partial charge in [0, 0.05) is 31.3 Å². The molecule has 0 bridgehead atoms. The summed E-state index contributed by atoms with van der Waals surface area (Å²) in [5.41, 5.74) is 0.441. The van der Waals surface area contributed by atoms with Crippen LogP contribution in [-0.2, 0) is 11.8 Å². The molecular formula is C17H16N2O5S. The summed E-state index contributed by atoms with van der Waals surface area (Å²) in [7, 11) is 1.50. The van der Waals surface area contributed by atoms with Crippen molar-refractivity contribution in [2.24, 2.45) is 7.05 Å². The number of aliphatic carboxylic acids is 1. The highest BCUT2D eigenvalue weighted by Crippen LogP contribution is 2.32. The smallest absolute Gasteiger partial charge is 0.303 e. The Labute approximate surface area is 147 Å². The Balaban J connectivity index is 2.11. The van der Waals surface area contributed by atoms with Crippen molar-refractivity contribution >= 4 is 34.5 Å². The number of aromatic hydroxyl groups is 1. The molecule has 0 saturated heterocycles. The predicted molar refractivity (Wildman–Crippen MR) is 94.2 cm³/mol. The lowest BCUT2D eigenvalue weighted by Gasteiger charge is -2.13. The van der Waals surface area contributed by atoms with Gasteiger partial charge >= 0.3 is 5.97 Å². The van der Waals surface area contributed by atoms with Gasteiger partial charge in [-0.05, 0) is 17.0 Å². The minimum atomic E-state index is -1.14. The van der Waals surface area contributed by atoms with Crippen molar-refractivity contribution in [1.29, 1.82) is 0 Å². The van der Waals surface area contributed by atoms with Crippen molar-refractivity contribution in [3.63, 3.8) is 0 Å². The van der Waals surface area contributed by atoms with E-state index < -0.39 is 35.0 Å². The molecule has 7 nitrogen and oxygen atoms in total. The molecule has 3 rings (SSSR count). The van der Waals surface area contributed by atoms with E-state index in [9.17, 15) is 19.5 Å². The Morgan fingerprint density at radius 2 is 2.16 bits per heavy atom. The normalized spacial score (nSPS) is 16.4. The number of aryl methyl sites for hydroxylation is 1. The maximum absolute atomic E-state index is 12.5. The van der Waals surface area contributed by atoms with Gasteiger partial charge in [0.1, 0.15) is 11.1 Å². The van der Waals surface area contributed by atoms with E-state index in [1.807, 2.05) is 5.41 Å². The molecule has 8 heteroatoms. The third kappa shape index (κ3) is 3.17. The Bertz CT molecular complexity index is 964. The summed E-state index contributed by atoms with van der Waals surface area (Å²) in [6, 6.07) is 1.79. The molecule has 25 heavy (non-hydrogen) atoms. The van der Waals surface area contributed by atoms with Crippen LogP contribution in [0, 0.1) is 0 Å². The highest BCUT2D eigenvalue weighted by molar-refractivity contribution is 8.02. The van der Waals surface area contributed by atoms with E-state index in [1.165, 1.54) is 11.6 Å². The fourth-order valence-corrected chi connectivity index (χ4v) is 3.70. The minimum absolute atomic E-state index is 0.152. The second kappa shape index (κ2) is 6.72. The van der Waals surface area contributed by atoms with Crippen molar-refractivity contribution in [1.82, 2.24) is 9.55 Å². The summed E-state index contributed by atoms with van der Waals surface area (Å²) < 4.78 is 1.27. The molecule has 2 aromatic heterocycles. The van der Waals surface area contributed by atoms with Crippen LogP contribution in [0.4, 0.5) is 0 Å². The predicted octanol–water partition coefficient (Wildman–Crippen LogP) is 2.03. The van der Waals surface area contributed by atoms with Gasteiger partial charge in [0.05, 0.1) is 11.9 Å². The zero-order valence-corrected chi connectivity index (χ0v) is 14.2. The summed E-state index contributed by atoms with van der Waals surface area (Å²) in [5.74, 6) is -1.26. The highest BCUT2D eigenvalue weighted by atomic mass is 32.2. The number of carbonyl (C=O) groups excluding carboxylic acids is 1. The van der Waals surface area contributed by atoms with Gasteiger partial charge in [0.15, 0.2) is 11.5 Å². The number of hydrogen-bond donors (Lipinski definition) is 2. The molecule has 0 spiro atoms. The molecule has 130 valence electrons. The molecule has 0 amide bonds. The Hall–Kier alpha value is -2.61. The van der Waals surface area contributed by atoms with Crippen molar-refractivity contribution in [2.75, 3.05) is 5.75 Å². The number of aromatic nitrogens is 2. The first kappa shape index (κ1) is 17.2. The molecule has 0 saturated carbocycles. The van der Waals surface area contributed by atoms with Crippen LogP contribution in [0.2, 0.25) is 0 Å². The van der Waals surface area contributed by atoms with Crippen molar-refractivity contribution in [3.8, 4) is 5.75 Å². The molecule has 1 aliphatic heterocycles. The first-order chi connectivity index (χ1) is 11.9. The molecule has 0 aromatic carbocycles. The molecule has 3 heterocycles. The van der Waals surface area contributed by atoms with E-state index in [1.54, 1.807) is 24.0 Å². The molecule has 1 aliphatic rings. The highest BCUT2D eigenvalue weighted by Gasteiger charge is 2.23. The molecule has 2 N–H and O–H groups in total. The van der Waals surface area contributed by atoms with Crippen LogP contribution in [0.15, 0.2) is 28.5 Å². The summed E-state index contributed by atoms with van der Waals surface area (Å²) in [6.45, 7) is 0. The van der Waals surface area contributed by atoms with Crippen LogP contribution >= 0.6 is 11.8 Å². The zero-order valence-electron chi connectivity index (χ0n) is 13.4. The number of fused-ring (bicyclic) bond motifs is 1. The number of thioether (sulfide) groups is 1. The number of nitrogens with zero attached hydrogens (tertiary/aromatic N) is 2. The molecule has 0 radical (unpaired) electrons. The summed E-state index contributed by atoms with van der Waals surface area (Å²) in [5, 5.41) is 21.1. The van der Waals surface area contributed by atoms with Crippen molar-refractivity contribution in [3.05, 3.63) is 45.2 Å². The molecule has 1 atom stereocenters. The lowest BCUT2D eigenvalue weighted by molar-refractivity contribution is -0.136. The van der Waals surface area contributed by atoms with Crippen LogP contribution < -0.4 is 5.56 Å². The van der Waals surface area contributed by atoms with E-state index in [0.717, 1.165) is 11.3 Å². The van der Waals surface area contributed by atoms with Gasteiger partial charge in [0.25, 0.3) is 5.56 Å². The lowest BCUT2D eigenvalue weighted by atomic mass is 10.0. The van der Waals surface area contributed by atoms with E-state index in [-0.39, 0.29) is 17.9 Å². The molecule has 1 unspecified atom stereocenters. The van der Waals surface area contributed by atoms with Crippen LogP contribution in [0.25, 0.3) is 11.0 Å². The maximum Gasteiger partial charge on any atom is 0.303 e. The zero-order chi connectivity index (χ0) is 18.1. The summed E-state index contributed by atoms with van der Waals surface area (Å²) in [6.07, 6.45) is 2.91. The number of hydrogen-bond acceptors (Lipinski definition) is 6. The number of Topliss-reactive ketones (excluding diaryl/α,β-unsaturated/α-hetero) is 1. The number of rotatable bonds is 5. The number of pyridine rings is 2. The van der Waals surface area contributed by atoms with Gasteiger partial charge in [-0.2, -0.15) is 0 Å². The first-order valence-electron chi connectivity index (χ1n) is 7.65. The van der Waals surface area contributed by atoms with Gasteiger partial charge in [-0.25, -0.2) is 0 Å².